The quantitative estimate of drug-likeness (QED) is 0.847. The Morgan fingerprint density at radius 3 is 2.06 bits per heavy atom. The summed E-state index contributed by atoms with van der Waals surface area (Å²) in [5.41, 5.74) is 2.45. The highest BCUT2D eigenvalue weighted by molar-refractivity contribution is 5.47. The van der Waals surface area contributed by atoms with Gasteiger partial charge in [0.05, 0.1) is 6.10 Å². The average molecular weight is 221 g/mol. The highest BCUT2D eigenvalue weighted by atomic mass is 16.3. The monoisotopic (exact) mass is 221 g/mol. The van der Waals surface area contributed by atoms with Crippen LogP contribution in [0.5, 0.6) is 0 Å². The van der Waals surface area contributed by atoms with Crippen molar-refractivity contribution in [2.24, 2.45) is 5.41 Å². The fourth-order valence-electron chi connectivity index (χ4n) is 1.81. The summed E-state index contributed by atoms with van der Waals surface area (Å²) >= 11 is 0. The van der Waals surface area contributed by atoms with Crippen molar-refractivity contribution in [2.75, 3.05) is 18.5 Å². The van der Waals surface area contributed by atoms with Gasteiger partial charge in [-0.2, -0.15) is 0 Å². The lowest BCUT2D eigenvalue weighted by Crippen LogP contribution is -2.28. The molecule has 1 atom stereocenters. The van der Waals surface area contributed by atoms with Crippen LogP contribution in [0.25, 0.3) is 0 Å². The summed E-state index contributed by atoms with van der Waals surface area (Å²) in [4.78, 5) is 2.24. The summed E-state index contributed by atoms with van der Waals surface area (Å²) < 4.78 is 0. The molecule has 0 saturated heterocycles. The predicted molar refractivity (Wildman–Crippen MR) is 69.8 cm³/mol. The highest BCUT2D eigenvalue weighted by Gasteiger charge is 2.13. The van der Waals surface area contributed by atoms with E-state index in [2.05, 4.69) is 44.9 Å². The molecule has 1 rings (SSSR count). The minimum Gasteiger partial charge on any atom is -0.389 e. The molecule has 0 aliphatic heterocycles. The highest BCUT2D eigenvalue weighted by Crippen LogP contribution is 2.22. The first-order valence-electron chi connectivity index (χ1n) is 5.79. The molecule has 0 saturated carbocycles. The van der Waals surface area contributed by atoms with Crippen molar-refractivity contribution in [1.29, 1.82) is 0 Å². The zero-order chi connectivity index (χ0) is 12.3. The molecule has 0 aliphatic carbocycles. The Bertz CT molecular complexity index is 322. The lowest BCUT2D eigenvalue weighted by molar-refractivity contribution is 0.199. The molecule has 16 heavy (non-hydrogen) atoms. The third-order valence-corrected chi connectivity index (χ3v) is 2.53. The van der Waals surface area contributed by atoms with E-state index in [0.717, 1.165) is 12.1 Å². The smallest absolute Gasteiger partial charge is 0.0761 e. The van der Waals surface area contributed by atoms with Gasteiger partial charge in [0.1, 0.15) is 0 Å². The fraction of sp³-hybridized carbons (Fsp3) is 0.571. The van der Waals surface area contributed by atoms with Crippen molar-refractivity contribution >= 4 is 5.69 Å². The molecule has 1 unspecified atom stereocenters. The van der Waals surface area contributed by atoms with Crippen LogP contribution in [0.3, 0.4) is 0 Å². The summed E-state index contributed by atoms with van der Waals surface area (Å²) in [7, 11) is 2.10. The van der Waals surface area contributed by atoms with Crippen molar-refractivity contribution in [3.8, 4) is 0 Å². The Kier molecular flexibility index (Phi) is 3.98. The molecule has 2 nitrogen and oxygen atoms in total. The first-order valence-corrected chi connectivity index (χ1v) is 5.79. The second-order valence-corrected chi connectivity index (χ2v) is 5.68. The average Bonchev–Trinajstić information content (AvgIpc) is 2.15. The van der Waals surface area contributed by atoms with Gasteiger partial charge in [-0.15, -0.1) is 0 Å². The molecule has 90 valence electrons. The third kappa shape index (κ3) is 3.86. The van der Waals surface area contributed by atoms with Crippen molar-refractivity contribution in [1.82, 2.24) is 0 Å². The SMILES string of the molecule is CC(O)c1ccc(N(C)CC(C)(C)C)cc1. The first kappa shape index (κ1) is 13.0. The number of benzene rings is 1. The lowest BCUT2D eigenvalue weighted by Gasteiger charge is -2.28. The van der Waals surface area contributed by atoms with E-state index in [0.29, 0.717) is 0 Å². The van der Waals surface area contributed by atoms with Gasteiger partial charge in [-0.25, -0.2) is 0 Å². The zero-order valence-electron chi connectivity index (χ0n) is 11.0. The van der Waals surface area contributed by atoms with Gasteiger partial charge in [0, 0.05) is 19.3 Å². The molecule has 0 fully saturated rings. The van der Waals surface area contributed by atoms with Crippen LogP contribution in [0.1, 0.15) is 39.4 Å². The van der Waals surface area contributed by atoms with Crippen LogP contribution in [0.4, 0.5) is 5.69 Å². The van der Waals surface area contributed by atoms with Crippen molar-refractivity contribution in [2.45, 2.75) is 33.8 Å². The van der Waals surface area contributed by atoms with E-state index in [9.17, 15) is 5.11 Å². The maximum atomic E-state index is 9.43. The maximum Gasteiger partial charge on any atom is 0.0761 e. The summed E-state index contributed by atoms with van der Waals surface area (Å²) in [5.74, 6) is 0. The summed E-state index contributed by atoms with van der Waals surface area (Å²) in [6.45, 7) is 9.49. The summed E-state index contributed by atoms with van der Waals surface area (Å²) in [6.07, 6.45) is -0.387. The minimum absolute atomic E-state index is 0.289. The lowest BCUT2D eigenvalue weighted by atomic mass is 9.96. The molecule has 0 bridgehead atoms. The Labute approximate surface area is 98.9 Å². The van der Waals surface area contributed by atoms with Crippen LogP contribution in [-0.2, 0) is 0 Å². The number of hydrogen-bond donors (Lipinski definition) is 1. The van der Waals surface area contributed by atoms with Crippen LogP contribution in [-0.4, -0.2) is 18.7 Å². The number of aliphatic hydroxyl groups is 1. The second-order valence-electron chi connectivity index (χ2n) is 5.68. The number of nitrogens with zero attached hydrogens (tertiary/aromatic N) is 1. The number of hydrogen-bond acceptors (Lipinski definition) is 2. The molecule has 1 aromatic carbocycles. The molecule has 0 amide bonds. The van der Waals surface area contributed by atoms with Crippen LogP contribution >= 0.6 is 0 Å². The van der Waals surface area contributed by atoms with Gasteiger partial charge >= 0.3 is 0 Å². The van der Waals surface area contributed by atoms with Gasteiger partial charge in [0.25, 0.3) is 0 Å². The van der Waals surface area contributed by atoms with Crippen LogP contribution in [0.2, 0.25) is 0 Å². The van der Waals surface area contributed by atoms with Gasteiger partial charge in [-0.05, 0) is 30.0 Å². The Morgan fingerprint density at radius 1 is 1.19 bits per heavy atom. The molecular formula is C14H23NO. The largest absolute Gasteiger partial charge is 0.389 e. The van der Waals surface area contributed by atoms with Crippen LogP contribution in [0, 0.1) is 5.41 Å². The maximum absolute atomic E-state index is 9.43. The molecule has 0 heterocycles. The third-order valence-electron chi connectivity index (χ3n) is 2.53. The Balaban J connectivity index is 2.74. The first-order chi connectivity index (χ1) is 7.29. The molecule has 0 radical (unpaired) electrons. The van der Waals surface area contributed by atoms with Crippen LogP contribution < -0.4 is 4.90 Å². The van der Waals surface area contributed by atoms with E-state index in [4.69, 9.17) is 0 Å². The molecular weight excluding hydrogens is 198 g/mol. The van der Waals surface area contributed by atoms with Gasteiger partial charge < -0.3 is 10.0 Å². The zero-order valence-corrected chi connectivity index (χ0v) is 11.0. The molecule has 0 aromatic heterocycles. The van der Waals surface area contributed by atoms with E-state index >= 15 is 0 Å². The molecule has 1 N–H and O–H groups in total. The van der Waals surface area contributed by atoms with E-state index in [1.807, 2.05) is 12.1 Å². The summed E-state index contributed by atoms with van der Waals surface area (Å²) in [5, 5.41) is 9.43. The number of rotatable bonds is 3. The topological polar surface area (TPSA) is 23.5 Å². The Morgan fingerprint density at radius 2 is 1.69 bits per heavy atom. The number of aliphatic hydroxyl groups excluding tert-OH is 1. The van der Waals surface area contributed by atoms with E-state index in [-0.39, 0.29) is 11.5 Å². The van der Waals surface area contributed by atoms with Gasteiger partial charge in [0.2, 0.25) is 0 Å². The molecule has 2 heteroatoms. The van der Waals surface area contributed by atoms with Crippen molar-refractivity contribution in [3.63, 3.8) is 0 Å². The molecule has 0 spiro atoms. The van der Waals surface area contributed by atoms with Crippen molar-refractivity contribution < 1.29 is 5.11 Å². The van der Waals surface area contributed by atoms with Gasteiger partial charge in [0.15, 0.2) is 0 Å². The summed E-state index contributed by atoms with van der Waals surface area (Å²) in [6, 6.07) is 8.10. The Hall–Kier alpha value is -1.02. The normalized spacial score (nSPS) is 13.6. The van der Waals surface area contributed by atoms with E-state index in [1.165, 1.54) is 5.69 Å². The molecule has 0 aliphatic rings. The standard InChI is InChI=1S/C14H23NO/c1-11(16)12-6-8-13(9-7-12)15(5)10-14(2,3)4/h6-9,11,16H,10H2,1-5H3. The van der Waals surface area contributed by atoms with E-state index in [1.54, 1.807) is 6.92 Å². The number of anilines is 1. The molecule has 1 aromatic rings. The fourth-order valence-corrected chi connectivity index (χ4v) is 1.81. The second kappa shape index (κ2) is 4.88. The predicted octanol–water partition coefficient (Wildman–Crippen LogP) is 3.22. The van der Waals surface area contributed by atoms with Gasteiger partial charge in [-0.3, -0.25) is 0 Å². The minimum atomic E-state index is -0.387. The van der Waals surface area contributed by atoms with Crippen molar-refractivity contribution in [3.05, 3.63) is 29.8 Å². The van der Waals surface area contributed by atoms with Crippen LogP contribution in [0.15, 0.2) is 24.3 Å². The van der Waals surface area contributed by atoms with Gasteiger partial charge in [-0.1, -0.05) is 32.9 Å². The van der Waals surface area contributed by atoms with E-state index < -0.39 is 0 Å².